The van der Waals surface area contributed by atoms with Crippen LogP contribution in [-0.2, 0) is 16.1 Å². The number of amides is 2. The van der Waals surface area contributed by atoms with Crippen molar-refractivity contribution in [3.8, 4) is 5.75 Å². The van der Waals surface area contributed by atoms with Crippen molar-refractivity contribution in [3.05, 3.63) is 101 Å². The molecule has 2 amide bonds. The van der Waals surface area contributed by atoms with Crippen LogP contribution in [0.25, 0.3) is 6.08 Å². The number of nitrogens with one attached hydrogen (secondary N) is 2. The lowest BCUT2D eigenvalue weighted by atomic mass is 10.1. The number of carbonyl (C=O) groups is 3. The second kappa shape index (κ2) is 12.0. The molecule has 0 heterocycles. The van der Waals surface area contributed by atoms with Gasteiger partial charge in [0.15, 0.2) is 0 Å². The number of hydrogen-bond donors (Lipinski definition) is 2. The molecule has 0 fully saturated rings. The van der Waals surface area contributed by atoms with E-state index < -0.39 is 6.16 Å². The molecule has 0 unspecified atom stereocenters. The molecule has 0 radical (unpaired) electrons. The Morgan fingerprint density at radius 1 is 0.912 bits per heavy atom. The molecule has 0 aliphatic heterocycles. The first kappa shape index (κ1) is 24.3. The second-order valence-corrected chi connectivity index (χ2v) is 7.37. The molecule has 3 aromatic carbocycles. The van der Waals surface area contributed by atoms with Gasteiger partial charge in [-0.2, -0.15) is 0 Å². The standard InChI is InChI=1S/C27H26N2O5/c1-3-33-27(32)34-24-15-10-22(11-16-24)26(31)28-18-20-8-13-23(14-9-20)29-25(30)17-12-21-7-5-4-6-19(21)2/h4-17H,3,18H2,1-2H3,(H,28,31)(H,29,30)/b17-12+. The second-order valence-electron chi connectivity index (χ2n) is 7.37. The number of rotatable bonds is 8. The van der Waals surface area contributed by atoms with Crippen LogP contribution in [-0.4, -0.2) is 24.6 Å². The molecular formula is C27H26N2O5. The van der Waals surface area contributed by atoms with E-state index in [1.54, 1.807) is 37.3 Å². The van der Waals surface area contributed by atoms with Crippen molar-refractivity contribution in [2.45, 2.75) is 20.4 Å². The van der Waals surface area contributed by atoms with Gasteiger partial charge in [-0.25, -0.2) is 4.79 Å². The smallest absolute Gasteiger partial charge is 0.434 e. The van der Waals surface area contributed by atoms with Crippen LogP contribution in [0.2, 0.25) is 0 Å². The highest BCUT2D eigenvalue weighted by Crippen LogP contribution is 2.14. The molecule has 2 N–H and O–H groups in total. The summed E-state index contributed by atoms with van der Waals surface area (Å²) in [5.74, 6) is -0.192. The maximum Gasteiger partial charge on any atom is 0.513 e. The Hall–Kier alpha value is -4.39. The summed E-state index contributed by atoms with van der Waals surface area (Å²) in [5.41, 5.74) is 4.06. The number of aryl methyl sites for hydroxylation is 1. The number of carbonyl (C=O) groups excluding carboxylic acids is 3. The van der Waals surface area contributed by atoms with E-state index in [-0.39, 0.29) is 18.4 Å². The van der Waals surface area contributed by atoms with Gasteiger partial charge in [0.05, 0.1) is 6.61 Å². The van der Waals surface area contributed by atoms with Crippen molar-refractivity contribution in [1.82, 2.24) is 5.32 Å². The average Bonchev–Trinajstić information content (AvgIpc) is 2.83. The largest absolute Gasteiger partial charge is 0.513 e. The van der Waals surface area contributed by atoms with Crippen LogP contribution in [0.5, 0.6) is 5.75 Å². The molecule has 0 bridgehead atoms. The lowest BCUT2D eigenvalue weighted by Crippen LogP contribution is -2.22. The van der Waals surface area contributed by atoms with Crippen molar-refractivity contribution < 1.29 is 23.9 Å². The molecule has 7 heteroatoms. The number of anilines is 1. The molecule has 0 saturated carbocycles. The molecule has 0 aliphatic rings. The lowest BCUT2D eigenvalue weighted by Gasteiger charge is -2.08. The molecule has 174 valence electrons. The van der Waals surface area contributed by atoms with Crippen molar-refractivity contribution in [2.75, 3.05) is 11.9 Å². The van der Waals surface area contributed by atoms with Gasteiger partial charge in [-0.15, -0.1) is 0 Å². The predicted octanol–water partition coefficient (Wildman–Crippen LogP) is 5.11. The van der Waals surface area contributed by atoms with E-state index in [1.165, 1.54) is 18.2 Å². The van der Waals surface area contributed by atoms with Crippen LogP contribution < -0.4 is 15.4 Å². The van der Waals surface area contributed by atoms with E-state index in [1.807, 2.05) is 43.3 Å². The summed E-state index contributed by atoms with van der Waals surface area (Å²) in [5, 5.41) is 5.65. The Bertz CT molecular complexity index is 1170. The number of hydrogen-bond acceptors (Lipinski definition) is 5. The van der Waals surface area contributed by atoms with Gasteiger partial charge in [0.2, 0.25) is 5.91 Å². The van der Waals surface area contributed by atoms with Crippen LogP contribution in [0.4, 0.5) is 10.5 Å². The first-order valence-corrected chi connectivity index (χ1v) is 10.8. The predicted molar refractivity (Wildman–Crippen MR) is 131 cm³/mol. The minimum absolute atomic E-state index is 0.220. The van der Waals surface area contributed by atoms with Crippen LogP contribution in [0.15, 0.2) is 78.9 Å². The molecule has 0 atom stereocenters. The lowest BCUT2D eigenvalue weighted by molar-refractivity contribution is -0.111. The first-order valence-electron chi connectivity index (χ1n) is 10.8. The highest BCUT2D eigenvalue weighted by molar-refractivity contribution is 6.02. The van der Waals surface area contributed by atoms with E-state index in [2.05, 4.69) is 10.6 Å². The fraction of sp³-hybridized carbons (Fsp3) is 0.148. The maximum atomic E-state index is 12.4. The highest BCUT2D eigenvalue weighted by Gasteiger charge is 2.08. The quantitative estimate of drug-likeness (QED) is 0.278. The molecule has 3 rings (SSSR count). The Kier molecular flexibility index (Phi) is 8.57. The van der Waals surface area contributed by atoms with Gasteiger partial charge >= 0.3 is 6.16 Å². The normalized spacial score (nSPS) is 10.5. The zero-order chi connectivity index (χ0) is 24.3. The monoisotopic (exact) mass is 458 g/mol. The van der Waals surface area contributed by atoms with Gasteiger partial charge in [-0.1, -0.05) is 36.4 Å². The van der Waals surface area contributed by atoms with E-state index >= 15 is 0 Å². The van der Waals surface area contributed by atoms with Crippen LogP contribution in [0.3, 0.4) is 0 Å². The molecule has 7 nitrogen and oxygen atoms in total. The molecule has 0 aliphatic carbocycles. The molecule has 0 aromatic heterocycles. The SMILES string of the molecule is CCOC(=O)Oc1ccc(C(=O)NCc2ccc(NC(=O)/C=C/c3ccccc3C)cc2)cc1. The summed E-state index contributed by atoms with van der Waals surface area (Å²) in [6.45, 7) is 4.22. The summed E-state index contributed by atoms with van der Waals surface area (Å²) >= 11 is 0. The highest BCUT2D eigenvalue weighted by atomic mass is 16.7. The summed E-state index contributed by atoms with van der Waals surface area (Å²) in [7, 11) is 0. The van der Waals surface area contributed by atoms with Gasteiger partial charge < -0.3 is 20.1 Å². The molecule has 0 saturated heterocycles. The van der Waals surface area contributed by atoms with Crippen molar-refractivity contribution in [3.63, 3.8) is 0 Å². The van der Waals surface area contributed by atoms with Crippen LogP contribution in [0, 0.1) is 6.92 Å². The number of benzene rings is 3. The van der Waals surface area contributed by atoms with E-state index in [0.29, 0.717) is 23.5 Å². The summed E-state index contributed by atoms with van der Waals surface area (Å²) in [6, 6.07) is 21.2. The minimum atomic E-state index is -0.790. The Morgan fingerprint density at radius 3 is 2.29 bits per heavy atom. The summed E-state index contributed by atoms with van der Waals surface area (Å²) in [4.78, 5) is 35.9. The third kappa shape index (κ3) is 7.34. The molecule has 3 aromatic rings. The number of ether oxygens (including phenoxy) is 2. The molecular weight excluding hydrogens is 432 g/mol. The maximum absolute atomic E-state index is 12.4. The fourth-order valence-corrected chi connectivity index (χ4v) is 3.03. The Balaban J connectivity index is 1.48. The topological polar surface area (TPSA) is 93.7 Å². The van der Waals surface area contributed by atoms with Crippen molar-refractivity contribution in [2.24, 2.45) is 0 Å². The van der Waals surface area contributed by atoms with Gasteiger partial charge in [-0.3, -0.25) is 9.59 Å². The minimum Gasteiger partial charge on any atom is -0.434 e. The third-order valence-corrected chi connectivity index (χ3v) is 4.86. The van der Waals surface area contributed by atoms with Gasteiger partial charge in [0.1, 0.15) is 5.75 Å². The Morgan fingerprint density at radius 2 is 1.62 bits per heavy atom. The van der Waals surface area contributed by atoms with Crippen molar-refractivity contribution in [1.29, 1.82) is 0 Å². The van der Waals surface area contributed by atoms with Crippen LogP contribution >= 0.6 is 0 Å². The summed E-state index contributed by atoms with van der Waals surface area (Å²) < 4.78 is 9.68. The molecule has 34 heavy (non-hydrogen) atoms. The van der Waals surface area contributed by atoms with E-state index in [9.17, 15) is 14.4 Å². The molecule has 0 spiro atoms. The zero-order valence-corrected chi connectivity index (χ0v) is 19.0. The van der Waals surface area contributed by atoms with E-state index in [4.69, 9.17) is 9.47 Å². The fourth-order valence-electron chi connectivity index (χ4n) is 3.03. The van der Waals surface area contributed by atoms with Gasteiger partial charge in [-0.05, 0) is 73.0 Å². The first-order chi connectivity index (χ1) is 16.4. The van der Waals surface area contributed by atoms with E-state index in [0.717, 1.165) is 16.7 Å². The summed E-state index contributed by atoms with van der Waals surface area (Å²) in [6.07, 6.45) is 2.49. The van der Waals surface area contributed by atoms with Gasteiger partial charge in [0.25, 0.3) is 5.91 Å². The average molecular weight is 459 g/mol. The Labute approximate surface area is 198 Å². The zero-order valence-electron chi connectivity index (χ0n) is 19.0. The van der Waals surface area contributed by atoms with Crippen molar-refractivity contribution >= 4 is 29.7 Å². The third-order valence-electron chi connectivity index (χ3n) is 4.86. The van der Waals surface area contributed by atoms with Gasteiger partial charge in [0, 0.05) is 23.9 Å². The van der Waals surface area contributed by atoms with Crippen LogP contribution in [0.1, 0.15) is 34.0 Å².